The van der Waals surface area contributed by atoms with Crippen molar-refractivity contribution in [3.63, 3.8) is 0 Å². The van der Waals surface area contributed by atoms with Crippen molar-refractivity contribution in [3.8, 4) is 11.6 Å². The molecule has 0 radical (unpaired) electrons. The van der Waals surface area contributed by atoms with Crippen LogP contribution in [0.25, 0.3) is 0 Å². The molecular formula is C12H9ClF2N2O. The van der Waals surface area contributed by atoms with Gasteiger partial charge in [0.1, 0.15) is 16.8 Å². The summed E-state index contributed by atoms with van der Waals surface area (Å²) in [5.41, 5.74) is 0.492. The first-order chi connectivity index (χ1) is 8.47. The van der Waals surface area contributed by atoms with Gasteiger partial charge in [-0.25, -0.2) is 13.8 Å². The van der Waals surface area contributed by atoms with Gasteiger partial charge in [0.15, 0.2) is 11.6 Å². The highest BCUT2D eigenvalue weighted by Gasteiger charge is 2.12. The van der Waals surface area contributed by atoms with E-state index in [9.17, 15) is 8.78 Å². The highest BCUT2D eigenvalue weighted by molar-refractivity contribution is 6.30. The highest BCUT2D eigenvalue weighted by atomic mass is 35.5. The molecule has 0 atom stereocenters. The Labute approximate surface area is 107 Å². The summed E-state index contributed by atoms with van der Waals surface area (Å²) < 4.78 is 31.5. The fraction of sp³-hybridized carbons (Fsp3) is 0.167. The molecule has 2 rings (SSSR count). The van der Waals surface area contributed by atoms with Crippen LogP contribution in [-0.2, 0) is 0 Å². The Morgan fingerprint density at radius 3 is 2.56 bits per heavy atom. The van der Waals surface area contributed by atoms with Gasteiger partial charge in [-0.15, -0.1) is 0 Å². The van der Waals surface area contributed by atoms with Crippen LogP contribution in [0.2, 0.25) is 5.15 Å². The first-order valence-corrected chi connectivity index (χ1v) is 5.49. The van der Waals surface area contributed by atoms with E-state index in [4.69, 9.17) is 16.3 Å². The van der Waals surface area contributed by atoms with Gasteiger partial charge >= 0.3 is 0 Å². The van der Waals surface area contributed by atoms with Crippen LogP contribution in [0, 0.1) is 25.5 Å². The van der Waals surface area contributed by atoms with Crippen LogP contribution in [-0.4, -0.2) is 9.97 Å². The number of halogens is 3. The van der Waals surface area contributed by atoms with Crippen molar-refractivity contribution in [1.82, 2.24) is 9.97 Å². The number of benzene rings is 1. The van der Waals surface area contributed by atoms with Gasteiger partial charge in [0, 0.05) is 11.6 Å². The van der Waals surface area contributed by atoms with Crippen molar-refractivity contribution in [3.05, 3.63) is 46.4 Å². The summed E-state index contributed by atoms with van der Waals surface area (Å²) in [5.74, 6) is -1.04. The number of hydrogen-bond donors (Lipinski definition) is 0. The molecule has 0 amide bonds. The predicted octanol–water partition coefficient (Wildman–Crippen LogP) is 3.82. The van der Waals surface area contributed by atoms with E-state index in [1.165, 1.54) is 6.07 Å². The van der Waals surface area contributed by atoms with Crippen LogP contribution < -0.4 is 4.74 Å². The molecule has 0 saturated heterocycles. The largest absolute Gasteiger partial charge is 0.435 e. The minimum Gasteiger partial charge on any atom is -0.435 e. The number of aromatic nitrogens is 2. The van der Waals surface area contributed by atoms with Crippen LogP contribution in [0.4, 0.5) is 8.78 Å². The Bertz CT molecular complexity index is 605. The molecule has 0 aliphatic rings. The Balaban J connectivity index is 2.40. The van der Waals surface area contributed by atoms with Gasteiger partial charge in [-0.3, -0.25) is 0 Å². The molecule has 0 aliphatic carbocycles. The fourth-order valence-corrected chi connectivity index (χ4v) is 1.53. The minimum absolute atomic E-state index is 0.117. The molecule has 0 fully saturated rings. The number of rotatable bonds is 2. The number of ether oxygens (including phenoxy) is 1. The SMILES string of the molecule is Cc1nc(Cl)c(C)c(Oc2ccc(F)cc2F)n1. The molecule has 18 heavy (non-hydrogen) atoms. The zero-order valence-corrected chi connectivity index (χ0v) is 10.4. The standard InChI is InChI=1S/C12H9ClF2N2O/c1-6-11(13)16-7(2)17-12(6)18-10-4-3-8(14)5-9(10)15/h3-5H,1-2H3. The minimum atomic E-state index is -0.804. The smallest absolute Gasteiger partial charge is 0.227 e. The van der Waals surface area contributed by atoms with E-state index >= 15 is 0 Å². The van der Waals surface area contributed by atoms with Crippen LogP contribution in [0.3, 0.4) is 0 Å². The summed E-state index contributed by atoms with van der Waals surface area (Å²) in [6.45, 7) is 3.29. The lowest BCUT2D eigenvalue weighted by atomic mass is 10.3. The monoisotopic (exact) mass is 270 g/mol. The average Bonchev–Trinajstić information content (AvgIpc) is 2.29. The zero-order valence-electron chi connectivity index (χ0n) is 9.67. The lowest BCUT2D eigenvalue weighted by Crippen LogP contribution is -1.98. The van der Waals surface area contributed by atoms with E-state index in [1.807, 2.05) is 0 Å². The number of hydrogen-bond acceptors (Lipinski definition) is 3. The van der Waals surface area contributed by atoms with E-state index in [1.54, 1.807) is 13.8 Å². The van der Waals surface area contributed by atoms with Crippen LogP contribution >= 0.6 is 11.6 Å². The molecule has 1 heterocycles. The lowest BCUT2D eigenvalue weighted by Gasteiger charge is -2.09. The fourth-order valence-electron chi connectivity index (χ4n) is 1.33. The quantitative estimate of drug-likeness (QED) is 0.778. The van der Waals surface area contributed by atoms with Crippen molar-refractivity contribution >= 4 is 11.6 Å². The second kappa shape index (κ2) is 4.86. The van der Waals surface area contributed by atoms with E-state index in [0.29, 0.717) is 11.4 Å². The van der Waals surface area contributed by atoms with Gasteiger partial charge < -0.3 is 4.74 Å². The Kier molecular flexibility index (Phi) is 3.43. The topological polar surface area (TPSA) is 35.0 Å². The Morgan fingerprint density at radius 1 is 1.17 bits per heavy atom. The molecule has 0 unspecified atom stereocenters. The first kappa shape index (κ1) is 12.7. The van der Waals surface area contributed by atoms with Gasteiger partial charge in [-0.1, -0.05) is 11.6 Å². The molecular weight excluding hydrogens is 262 g/mol. The molecule has 6 heteroatoms. The Morgan fingerprint density at radius 2 is 1.89 bits per heavy atom. The van der Waals surface area contributed by atoms with Crippen molar-refractivity contribution in [2.24, 2.45) is 0 Å². The summed E-state index contributed by atoms with van der Waals surface area (Å²) in [5, 5.41) is 0.236. The van der Waals surface area contributed by atoms with Crippen LogP contribution in [0.5, 0.6) is 11.6 Å². The summed E-state index contributed by atoms with van der Waals surface area (Å²) >= 11 is 5.87. The van der Waals surface area contributed by atoms with Gasteiger partial charge in [-0.05, 0) is 26.0 Å². The number of aryl methyl sites for hydroxylation is 1. The van der Waals surface area contributed by atoms with Crippen LogP contribution in [0.15, 0.2) is 18.2 Å². The molecule has 0 spiro atoms. The summed E-state index contributed by atoms with van der Waals surface area (Å²) in [6.07, 6.45) is 0. The maximum Gasteiger partial charge on any atom is 0.227 e. The second-order valence-electron chi connectivity index (χ2n) is 3.67. The number of nitrogens with zero attached hydrogens (tertiary/aromatic N) is 2. The third kappa shape index (κ3) is 2.56. The van der Waals surface area contributed by atoms with E-state index < -0.39 is 11.6 Å². The molecule has 3 nitrogen and oxygen atoms in total. The lowest BCUT2D eigenvalue weighted by molar-refractivity contribution is 0.418. The van der Waals surface area contributed by atoms with E-state index in [-0.39, 0.29) is 16.8 Å². The van der Waals surface area contributed by atoms with Crippen LogP contribution in [0.1, 0.15) is 11.4 Å². The van der Waals surface area contributed by atoms with E-state index in [0.717, 1.165) is 12.1 Å². The molecule has 1 aromatic carbocycles. The summed E-state index contributed by atoms with van der Waals surface area (Å²) in [7, 11) is 0. The molecule has 1 aromatic heterocycles. The molecule has 0 N–H and O–H groups in total. The maximum atomic E-state index is 13.4. The van der Waals surface area contributed by atoms with E-state index in [2.05, 4.69) is 9.97 Å². The average molecular weight is 271 g/mol. The van der Waals surface area contributed by atoms with Gasteiger partial charge in [0.2, 0.25) is 5.88 Å². The third-order valence-corrected chi connectivity index (χ3v) is 2.62. The molecule has 94 valence electrons. The third-order valence-electron chi connectivity index (χ3n) is 2.25. The maximum absolute atomic E-state index is 13.4. The molecule has 0 aliphatic heterocycles. The second-order valence-corrected chi connectivity index (χ2v) is 4.03. The molecule has 0 bridgehead atoms. The Hall–Kier alpha value is -1.75. The van der Waals surface area contributed by atoms with Crippen molar-refractivity contribution in [1.29, 1.82) is 0 Å². The molecule has 0 saturated carbocycles. The first-order valence-electron chi connectivity index (χ1n) is 5.11. The summed E-state index contributed by atoms with van der Waals surface area (Å²) in [6, 6.07) is 3.03. The normalized spacial score (nSPS) is 10.5. The van der Waals surface area contributed by atoms with Crippen molar-refractivity contribution in [2.45, 2.75) is 13.8 Å². The summed E-state index contributed by atoms with van der Waals surface area (Å²) in [4.78, 5) is 7.95. The predicted molar refractivity (Wildman–Crippen MR) is 62.9 cm³/mol. The van der Waals surface area contributed by atoms with Gasteiger partial charge in [0.05, 0.1) is 0 Å². The molecule has 2 aromatic rings. The van der Waals surface area contributed by atoms with Crippen molar-refractivity contribution < 1.29 is 13.5 Å². The van der Waals surface area contributed by atoms with Crippen molar-refractivity contribution in [2.75, 3.05) is 0 Å². The van der Waals surface area contributed by atoms with Gasteiger partial charge in [0.25, 0.3) is 0 Å². The highest BCUT2D eigenvalue weighted by Crippen LogP contribution is 2.28. The zero-order chi connectivity index (χ0) is 13.3. The van der Waals surface area contributed by atoms with Gasteiger partial charge in [-0.2, -0.15) is 4.98 Å².